The van der Waals surface area contributed by atoms with Crippen LogP contribution in [0.4, 0.5) is 5.69 Å². The number of rotatable bonds is 4. The number of carbonyl (C=O) groups excluding carboxylic acids is 2. The number of aryl methyl sites for hydroxylation is 1. The molecule has 0 unspecified atom stereocenters. The highest BCUT2D eigenvalue weighted by Gasteiger charge is 2.35. The van der Waals surface area contributed by atoms with Crippen molar-refractivity contribution in [2.24, 2.45) is 0 Å². The average molecular weight is 366 g/mol. The molecule has 2 amide bonds. The molecule has 1 atom stereocenters. The molecule has 2 aromatic heterocycles. The van der Waals surface area contributed by atoms with E-state index >= 15 is 0 Å². The fraction of sp³-hybridized carbons (Fsp3) is 0.278. The summed E-state index contributed by atoms with van der Waals surface area (Å²) in [5.41, 5.74) is 1.36. The third-order valence-electron chi connectivity index (χ3n) is 4.53. The molecule has 138 valence electrons. The van der Waals surface area contributed by atoms with Gasteiger partial charge in [0, 0.05) is 12.2 Å². The predicted molar refractivity (Wildman–Crippen MR) is 95.3 cm³/mol. The van der Waals surface area contributed by atoms with E-state index in [9.17, 15) is 9.59 Å². The molecule has 4 rings (SSSR count). The Hall–Kier alpha value is -3.49. The van der Waals surface area contributed by atoms with Crippen molar-refractivity contribution in [3.05, 3.63) is 54.2 Å². The second-order valence-electron chi connectivity index (χ2n) is 6.31. The van der Waals surface area contributed by atoms with Crippen molar-refractivity contribution in [2.75, 3.05) is 11.9 Å². The fourth-order valence-corrected chi connectivity index (χ4v) is 3.24. The summed E-state index contributed by atoms with van der Waals surface area (Å²) in [6.07, 6.45) is 2.84. The number of aromatic nitrogens is 4. The zero-order chi connectivity index (χ0) is 18.8. The Balaban J connectivity index is 1.50. The van der Waals surface area contributed by atoms with Gasteiger partial charge in [-0.3, -0.25) is 9.59 Å². The first-order valence-electron chi connectivity index (χ1n) is 8.64. The molecular weight excluding hydrogens is 348 g/mol. The lowest BCUT2D eigenvalue weighted by Gasteiger charge is -2.23. The number of carbonyl (C=O) groups is 2. The molecule has 0 aliphatic carbocycles. The van der Waals surface area contributed by atoms with E-state index in [1.165, 1.54) is 6.26 Å². The molecule has 0 bridgehead atoms. The van der Waals surface area contributed by atoms with Crippen LogP contribution in [0.15, 0.2) is 47.1 Å². The van der Waals surface area contributed by atoms with Gasteiger partial charge in [0.15, 0.2) is 11.6 Å². The summed E-state index contributed by atoms with van der Waals surface area (Å²) in [5, 5.41) is 14.3. The Bertz CT molecular complexity index is 965. The molecule has 9 nitrogen and oxygen atoms in total. The van der Waals surface area contributed by atoms with E-state index in [0.717, 1.165) is 12.1 Å². The number of likely N-dealkylation sites (tertiary alicyclic amines) is 1. The van der Waals surface area contributed by atoms with Crippen LogP contribution < -0.4 is 5.32 Å². The van der Waals surface area contributed by atoms with E-state index in [4.69, 9.17) is 4.42 Å². The first-order valence-corrected chi connectivity index (χ1v) is 8.64. The predicted octanol–water partition coefficient (Wildman–Crippen LogP) is 1.81. The van der Waals surface area contributed by atoms with Crippen LogP contribution in [-0.2, 0) is 4.79 Å². The number of furan rings is 1. The zero-order valence-electron chi connectivity index (χ0n) is 14.7. The Morgan fingerprint density at radius 1 is 1.26 bits per heavy atom. The molecule has 9 heteroatoms. The van der Waals surface area contributed by atoms with E-state index in [-0.39, 0.29) is 17.6 Å². The van der Waals surface area contributed by atoms with Crippen LogP contribution in [-0.4, -0.2) is 49.5 Å². The SMILES string of the molecule is Cc1nnnn1-c1cccc(NC(=O)[C@@H]2CCCN2C(=O)c2ccco2)c1. The van der Waals surface area contributed by atoms with Crippen molar-refractivity contribution >= 4 is 17.5 Å². The van der Waals surface area contributed by atoms with Gasteiger partial charge in [-0.05, 0) is 60.5 Å². The van der Waals surface area contributed by atoms with Gasteiger partial charge in [-0.25, -0.2) is 0 Å². The lowest BCUT2D eigenvalue weighted by Crippen LogP contribution is -2.43. The lowest BCUT2D eigenvalue weighted by atomic mass is 10.2. The van der Waals surface area contributed by atoms with E-state index in [0.29, 0.717) is 24.5 Å². The van der Waals surface area contributed by atoms with Gasteiger partial charge in [0.05, 0.1) is 12.0 Å². The minimum Gasteiger partial charge on any atom is -0.459 e. The van der Waals surface area contributed by atoms with Gasteiger partial charge in [-0.15, -0.1) is 5.10 Å². The van der Waals surface area contributed by atoms with Crippen LogP contribution in [0.3, 0.4) is 0 Å². The Kier molecular flexibility index (Phi) is 4.41. The zero-order valence-corrected chi connectivity index (χ0v) is 14.7. The van der Waals surface area contributed by atoms with Crippen LogP contribution in [0, 0.1) is 6.92 Å². The molecule has 1 aromatic carbocycles. The number of hydrogen-bond donors (Lipinski definition) is 1. The van der Waals surface area contributed by atoms with Gasteiger partial charge in [0.25, 0.3) is 5.91 Å². The van der Waals surface area contributed by atoms with Crippen molar-refractivity contribution in [1.29, 1.82) is 0 Å². The smallest absolute Gasteiger partial charge is 0.290 e. The molecular formula is C18H18N6O3. The third kappa shape index (κ3) is 3.31. The highest BCUT2D eigenvalue weighted by Crippen LogP contribution is 2.22. The Morgan fingerprint density at radius 3 is 2.89 bits per heavy atom. The second-order valence-corrected chi connectivity index (χ2v) is 6.31. The molecule has 1 aliphatic heterocycles. The topological polar surface area (TPSA) is 106 Å². The number of hydrogen-bond acceptors (Lipinski definition) is 6. The maximum atomic E-state index is 12.8. The molecule has 3 aromatic rings. The van der Waals surface area contributed by atoms with Crippen molar-refractivity contribution < 1.29 is 14.0 Å². The number of benzene rings is 1. The number of amides is 2. The molecule has 1 fully saturated rings. The van der Waals surface area contributed by atoms with Crippen molar-refractivity contribution in [2.45, 2.75) is 25.8 Å². The van der Waals surface area contributed by atoms with Gasteiger partial charge in [-0.1, -0.05) is 6.07 Å². The first-order chi connectivity index (χ1) is 13.1. The van der Waals surface area contributed by atoms with E-state index in [1.54, 1.807) is 40.8 Å². The standard InChI is InChI=1S/C18H18N6O3/c1-12-20-21-22-24(12)14-6-2-5-13(11-14)19-17(25)15-7-3-9-23(15)18(26)16-8-4-10-27-16/h2,4-6,8,10-11,15H,3,7,9H2,1H3,(H,19,25)/t15-/m0/s1. The van der Waals surface area contributed by atoms with Crippen LogP contribution >= 0.6 is 0 Å². The van der Waals surface area contributed by atoms with Crippen LogP contribution in [0.1, 0.15) is 29.2 Å². The van der Waals surface area contributed by atoms with E-state index < -0.39 is 6.04 Å². The summed E-state index contributed by atoms with van der Waals surface area (Å²) in [6.45, 7) is 2.32. The van der Waals surface area contributed by atoms with Gasteiger partial charge in [-0.2, -0.15) is 4.68 Å². The molecule has 1 N–H and O–H groups in total. The minimum atomic E-state index is -0.527. The molecule has 1 saturated heterocycles. The lowest BCUT2D eigenvalue weighted by molar-refractivity contribution is -0.119. The molecule has 27 heavy (non-hydrogen) atoms. The number of nitrogens with one attached hydrogen (secondary N) is 1. The monoisotopic (exact) mass is 366 g/mol. The summed E-state index contributed by atoms with van der Waals surface area (Å²) >= 11 is 0. The first kappa shape index (κ1) is 17.0. The molecule has 0 saturated carbocycles. The second kappa shape index (κ2) is 7.02. The summed E-state index contributed by atoms with van der Waals surface area (Å²) < 4.78 is 6.76. The number of anilines is 1. The fourth-order valence-electron chi connectivity index (χ4n) is 3.24. The largest absolute Gasteiger partial charge is 0.459 e. The minimum absolute atomic E-state index is 0.224. The highest BCUT2D eigenvalue weighted by molar-refractivity contribution is 6.00. The summed E-state index contributed by atoms with van der Waals surface area (Å²) in [5.74, 6) is 0.393. The van der Waals surface area contributed by atoms with Crippen molar-refractivity contribution in [3.63, 3.8) is 0 Å². The van der Waals surface area contributed by atoms with E-state index in [2.05, 4.69) is 20.8 Å². The van der Waals surface area contributed by atoms with Gasteiger partial charge in [0.2, 0.25) is 5.91 Å². The van der Waals surface area contributed by atoms with Crippen molar-refractivity contribution in [3.8, 4) is 5.69 Å². The van der Waals surface area contributed by atoms with Crippen molar-refractivity contribution in [1.82, 2.24) is 25.1 Å². The summed E-state index contributed by atoms with van der Waals surface area (Å²) in [7, 11) is 0. The normalized spacial score (nSPS) is 16.5. The van der Waals surface area contributed by atoms with Gasteiger partial charge in [0.1, 0.15) is 6.04 Å². The van der Waals surface area contributed by atoms with Crippen LogP contribution in [0.2, 0.25) is 0 Å². The Morgan fingerprint density at radius 2 is 2.15 bits per heavy atom. The average Bonchev–Trinajstić information content (AvgIpc) is 3.42. The van der Waals surface area contributed by atoms with Crippen LogP contribution in [0.25, 0.3) is 5.69 Å². The molecule has 0 radical (unpaired) electrons. The Labute approximate surface area is 155 Å². The third-order valence-corrected chi connectivity index (χ3v) is 4.53. The molecule has 0 spiro atoms. The molecule has 1 aliphatic rings. The van der Waals surface area contributed by atoms with Crippen LogP contribution in [0.5, 0.6) is 0 Å². The molecule has 3 heterocycles. The number of nitrogens with zero attached hydrogens (tertiary/aromatic N) is 5. The van der Waals surface area contributed by atoms with E-state index in [1.807, 2.05) is 12.1 Å². The summed E-state index contributed by atoms with van der Waals surface area (Å²) in [6, 6.07) is 9.97. The summed E-state index contributed by atoms with van der Waals surface area (Å²) in [4.78, 5) is 26.9. The maximum Gasteiger partial charge on any atom is 0.290 e. The quantitative estimate of drug-likeness (QED) is 0.755. The highest BCUT2D eigenvalue weighted by atomic mass is 16.3. The maximum absolute atomic E-state index is 12.8. The van der Waals surface area contributed by atoms with Gasteiger partial charge >= 0.3 is 0 Å². The van der Waals surface area contributed by atoms with Gasteiger partial charge < -0.3 is 14.6 Å². The number of tetrazole rings is 1.